The number of carbonyl (C=O) groups excluding carboxylic acids is 1. The van der Waals surface area contributed by atoms with Crippen molar-refractivity contribution in [3.63, 3.8) is 0 Å². The minimum absolute atomic E-state index is 0.0537. The lowest BCUT2D eigenvalue weighted by Crippen LogP contribution is -2.45. The van der Waals surface area contributed by atoms with E-state index < -0.39 is 0 Å². The zero-order chi connectivity index (χ0) is 17.1. The number of piperidine rings is 1. The Kier molecular flexibility index (Phi) is 5.15. The molecule has 7 nitrogen and oxygen atoms in total. The number of carbonyl (C=O) groups is 1. The molecule has 1 N–H and O–H groups in total. The van der Waals surface area contributed by atoms with Gasteiger partial charge < -0.3 is 14.8 Å². The number of thiazole rings is 1. The number of rotatable bonds is 5. The molecule has 0 atom stereocenters. The molecule has 0 radical (unpaired) electrons. The molecule has 8 heteroatoms. The summed E-state index contributed by atoms with van der Waals surface area (Å²) in [6, 6.07) is 0.208. The minimum Gasteiger partial charge on any atom is -0.349 e. The van der Waals surface area contributed by atoms with Crippen LogP contribution < -0.4 is 10.2 Å². The second kappa shape index (κ2) is 7.31. The Labute approximate surface area is 144 Å². The maximum atomic E-state index is 12.1. The molecule has 3 heterocycles. The fraction of sp³-hybridized carbons (Fsp3) is 0.562. The molecule has 24 heavy (non-hydrogen) atoms. The molecule has 3 rings (SSSR count). The minimum atomic E-state index is -0.0537. The van der Waals surface area contributed by atoms with E-state index in [2.05, 4.69) is 15.3 Å². The number of hydrogen-bond acceptors (Lipinski definition) is 5. The van der Waals surface area contributed by atoms with Gasteiger partial charge in [0, 0.05) is 56.5 Å². The van der Waals surface area contributed by atoms with Crippen LogP contribution in [0.25, 0.3) is 0 Å². The van der Waals surface area contributed by atoms with E-state index in [9.17, 15) is 9.59 Å². The number of aryl methyl sites for hydroxylation is 2. The predicted molar refractivity (Wildman–Crippen MR) is 93.5 cm³/mol. The lowest BCUT2D eigenvalue weighted by atomic mass is 10.0. The van der Waals surface area contributed by atoms with Crippen LogP contribution in [0, 0.1) is 6.92 Å². The van der Waals surface area contributed by atoms with E-state index in [1.807, 2.05) is 16.9 Å². The maximum Gasteiger partial charge on any atom is 0.307 e. The van der Waals surface area contributed by atoms with Crippen LogP contribution in [0.4, 0.5) is 0 Å². The number of likely N-dealkylation sites (tertiary alicyclic amines) is 1. The highest BCUT2D eigenvalue weighted by molar-refractivity contribution is 7.07. The highest BCUT2D eigenvalue weighted by Crippen LogP contribution is 2.11. The number of amides is 1. The first-order valence-electron chi connectivity index (χ1n) is 8.20. The third kappa shape index (κ3) is 3.93. The highest BCUT2D eigenvalue weighted by Gasteiger charge is 2.21. The van der Waals surface area contributed by atoms with Crippen molar-refractivity contribution < 1.29 is 4.79 Å². The van der Waals surface area contributed by atoms with Crippen molar-refractivity contribution in [2.45, 2.75) is 32.4 Å². The lowest BCUT2D eigenvalue weighted by molar-refractivity contribution is 0.0910. The van der Waals surface area contributed by atoms with Gasteiger partial charge in [-0.15, -0.1) is 0 Å². The van der Waals surface area contributed by atoms with E-state index in [1.54, 1.807) is 24.1 Å². The van der Waals surface area contributed by atoms with Gasteiger partial charge in [0.2, 0.25) is 0 Å². The monoisotopic (exact) mass is 349 g/mol. The molecule has 0 bridgehead atoms. The van der Waals surface area contributed by atoms with E-state index in [0.29, 0.717) is 5.56 Å². The highest BCUT2D eigenvalue weighted by atomic mass is 32.1. The fourth-order valence-electron chi connectivity index (χ4n) is 3.02. The lowest BCUT2D eigenvalue weighted by Gasteiger charge is -2.32. The first-order valence-corrected chi connectivity index (χ1v) is 9.07. The molecule has 0 aromatic carbocycles. The van der Waals surface area contributed by atoms with Gasteiger partial charge in [-0.05, 0) is 19.8 Å². The van der Waals surface area contributed by atoms with Crippen LogP contribution in [-0.2, 0) is 13.6 Å². The van der Waals surface area contributed by atoms with Crippen molar-refractivity contribution in [2.75, 3.05) is 19.6 Å². The standard InChI is InChI=1S/C16H23N5O2S/c1-12-11-24-16(23)21(12)8-7-20-5-3-14(4-6-20)18-15(22)13-9-17-19(2)10-13/h9-11,14H,3-8H2,1-2H3,(H,18,22). The van der Waals surface area contributed by atoms with Crippen LogP contribution in [0.15, 0.2) is 22.6 Å². The van der Waals surface area contributed by atoms with Crippen LogP contribution in [0.5, 0.6) is 0 Å². The van der Waals surface area contributed by atoms with E-state index >= 15 is 0 Å². The molecule has 1 saturated heterocycles. The first kappa shape index (κ1) is 16.9. The first-order chi connectivity index (χ1) is 11.5. The smallest absolute Gasteiger partial charge is 0.307 e. The summed E-state index contributed by atoms with van der Waals surface area (Å²) >= 11 is 1.26. The van der Waals surface area contributed by atoms with Gasteiger partial charge in [-0.3, -0.25) is 14.3 Å². The van der Waals surface area contributed by atoms with Gasteiger partial charge in [-0.25, -0.2) is 0 Å². The van der Waals surface area contributed by atoms with E-state index in [0.717, 1.165) is 44.7 Å². The molecule has 130 valence electrons. The molecule has 2 aromatic heterocycles. The Morgan fingerprint density at radius 2 is 2.12 bits per heavy atom. The van der Waals surface area contributed by atoms with E-state index in [1.165, 1.54) is 11.3 Å². The summed E-state index contributed by atoms with van der Waals surface area (Å²) in [5.74, 6) is -0.0537. The zero-order valence-corrected chi connectivity index (χ0v) is 14.9. The average molecular weight is 349 g/mol. The second-order valence-electron chi connectivity index (χ2n) is 6.29. The van der Waals surface area contributed by atoms with E-state index in [4.69, 9.17) is 0 Å². The fourth-order valence-corrected chi connectivity index (χ4v) is 3.79. The molecule has 1 fully saturated rings. The van der Waals surface area contributed by atoms with Crippen molar-refractivity contribution in [2.24, 2.45) is 7.05 Å². The molecule has 0 aliphatic carbocycles. The van der Waals surface area contributed by atoms with Gasteiger partial charge in [0.05, 0.1) is 11.8 Å². The Bertz CT molecular complexity index is 755. The Morgan fingerprint density at radius 1 is 1.38 bits per heavy atom. The maximum absolute atomic E-state index is 12.1. The zero-order valence-electron chi connectivity index (χ0n) is 14.1. The average Bonchev–Trinajstić information content (AvgIpc) is 3.13. The predicted octanol–water partition coefficient (Wildman–Crippen LogP) is 0.846. The molecule has 1 aliphatic heterocycles. The third-order valence-electron chi connectivity index (χ3n) is 4.51. The van der Waals surface area contributed by atoms with Crippen molar-refractivity contribution in [3.8, 4) is 0 Å². The third-order valence-corrected chi connectivity index (χ3v) is 5.39. The number of nitrogens with one attached hydrogen (secondary N) is 1. The van der Waals surface area contributed by atoms with Gasteiger partial charge in [0.15, 0.2) is 0 Å². The largest absolute Gasteiger partial charge is 0.349 e. The summed E-state index contributed by atoms with van der Waals surface area (Å²) in [5.41, 5.74) is 1.64. The van der Waals surface area contributed by atoms with Crippen LogP contribution >= 0.6 is 11.3 Å². The van der Waals surface area contributed by atoms with Gasteiger partial charge in [-0.1, -0.05) is 11.3 Å². The molecular formula is C16H23N5O2S. The summed E-state index contributed by atoms with van der Waals surface area (Å²) in [7, 11) is 1.80. The van der Waals surface area contributed by atoms with Gasteiger partial charge in [0.25, 0.3) is 5.91 Å². The summed E-state index contributed by atoms with van der Waals surface area (Å²) < 4.78 is 3.47. The van der Waals surface area contributed by atoms with Crippen molar-refractivity contribution in [1.29, 1.82) is 0 Å². The SMILES string of the molecule is Cc1csc(=O)n1CCN1CCC(NC(=O)c2cnn(C)c2)CC1. The van der Waals surface area contributed by atoms with Crippen LogP contribution in [0.3, 0.4) is 0 Å². The Balaban J connectivity index is 1.44. The molecule has 1 aliphatic rings. The van der Waals surface area contributed by atoms with Crippen LogP contribution in [0.1, 0.15) is 28.9 Å². The normalized spacial score (nSPS) is 16.4. The Morgan fingerprint density at radius 3 is 2.71 bits per heavy atom. The van der Waals surface area contributed by atoms with Crippen molar-refractivity contribution in [1.82, 2.24) is 24.6 Å². The molecule has 2 aromatic rings. The summed E-state index contributed by atoms with van der Waals surface area (Å²) in [5, 5.41) is 9.02. The van der Waals surface area contributed by atoms with Crippen molar-refractivity contribution >= 4 is 17.2 Å². The van der Waals surface area contributed by atoms with Crippen LogP contribution in [-0.4, -0.2) is 50.8 Å². The molecule has 0 unspecified atom stereocenters. The molecular weight excluding hydrogens is 326 g/mol. The Hall–Kier alpha value is -1.93. The molecule has 0 saturated carbocycles. The quantitative estimate of drug-likeness (QED) is 0.868. The van der Waals surface area contributed by atoms with Gasteiger partial charge in [-0.2, -0.15) is 5.10 Å². The number of nitrogens with zero attached hydrogens (tertiary/aromatic N) is 4. The van der Waals surface area contributed by atoms with Gasteiger partial charge in [0.1, 0.15) is 0 Å². The van der Waals surface area contributed by atoms with Crippen LogP contribution in [0.2, 0.25) is 0 Å². The topological polar surface area (TPSA) is 72.2 Å². The summed E-state index contributed by atoms with van der Waals surface area (Å²) in [6.45, 7) is 5.46. The number of aromatic nitrogens is 3. The molecule has 0 spiro atoms. The summed E-state index contributed by atoms with van der Waals surface area (Å²) in [4.78, 5) is 26.4. The second-order valence-corrected chi connectivity index (χ2v) is 7.11. The van der Waals surface area contributed by atoms with E-state index in [-0.39, 0.29) is 16.8 Å². The molecule has 1 amide bonds. The number of hydrogen-bond donors (Lipinski definition) is 1. The summed E-state index contributed by atoms with van der Waals surface area (Å²) in [6.07, 6.45) is 5.18. The van der Waals surface area contributed by atoms with Crippen molar-refractivity contribution in [3.05, 3.63) is 38.7 Å². The van der Waals surface area contributed by atoms with Gasteiger partial charge >= 0.3 is 4.87 Å².